The molecule has 0 aliphatic carbocycles. The summed E-state index contributed by atoms with van der Waals surface area (Å²) in [5.41, 5.74) is 3.98. The molecule has 0 saturated heterocycles. The summed E-state index contributed by atoms with van der Waals surface area (Å²) in [6, 6.07) is 0.700. The monoisotopic (exact) mass is 222 g/mol. The number of aromatic nitrogens is 1. The maximum absolute atomic E-state index is 12.3. The van der Waals surface area contributed by atoms with Crippen molar-refractivity contribution in [1.82, 2.24) is 4.98 Å². The van der Waals surface area contributed by atoms with Crippen LogP contribution in [0.3, 0.4) is 0 Å². The maximum atomic E-state index is 12.3. The number of anilines is 1. The van der Waals surface area contributed by atoms with Crippen molar-refractivity contribution in [2.24, 2.45) is 0 Å². The number of carboxylic acid groups (broad SMARTS) is 1. The smallest absolute Gasteiger partial charge is 0.354 e. The van der Waals surface area contributed by atoms with Crippen LogP contribution in [0.2, 0.25) is 5.02 Å². The summed E-state index contributed by atoms with van der Waals surface area (Å²) in [6.45, 7) is 0. The van der Waals surface area contributed by atoms with E-state index in [0.717, 1.165) is 0 Å². The second-order valence-electron chi connectivity index (χ2n) is 2.40. The summed E-state index contributed by atoms with van der Waals surface area (Å²) in [5.74, 6) is -1.85. The predicted octanol–water partition coefficient (Wildman–Crippen LogP) is 1.95. The average Bonchev–Trinajstić information content (AvgIpc) is 2.08. The van der Waals surface area contributed by atoms with E-state index in [4.69, 9.17) is 22.4 Å². The Bertz CT molecular complexity index is 384. The lowest BCUT2D eigenvalue weighted by Gasteiger charge is -2.06. The maximum Gasteiger partial charge on any atom is 0.354 e. The van der Waals surface area contributed by atoms with E-state index in [0.29, 0.717) is 6.07 Å². The molecule has 0 amide bonds. The highest BCUT2D eigenvalue weighted by Gasteiger charge is 2.18. The van der Waals surface area contributed by atoms with E-state index in [1.54, 1.807) is 0 Å². The third kappa shape index (κ3) is 1.90. The molecule has 0 radical (unpaired) electrons. The van der Waals surface area contributed by atoms with Crippen LogP contribution in [0.15, 0.2) is 6.07 Å². The fourth-order valence-electron chi connectivity index (χ4n) is 0.838. The van der Waals surface area contributed by atoms with Gasteiger partial charge in [0.1, 0.15) is 5.82 Å². The summed E-state index contributed by atoms with van der Waals surface area (Å²) in [4.78, 5) is 13.8. The Morgan fingerprint density at radius 1 is 1.64 bits per heavy atom. The zero-order chi connectivity index (χ0) is 10.9. The number of carbonyl (C=O) groups is 1. The molecule has 0 fully saturated rings. The van der Waals surface area contributed by atoms with Crippen LogP contribution in [0.5, 0.6) is 0 Å². The van der Waals surface area contributed by atoms with Gasteiger partial charge in [0.05, 0.1) is 5.02 Å². The third-order valence-corrected chi connectivity index (χ3v) is 1.88. The minimum Gasteiger partial charge on any atom is -0.477 e. The Morgan fingerprint density at radius 2 is 2.21 bits per heavy atom. The van der Waals surface area contributed by atoms with Crippen molar-refractivity contribution >= 4 is 23.4 Å². The second kappa shape index (κ2) is 3.75. The normalized spacial score (nSPS) is 10.6. The lowest BCUT2D eigenvalue weighted by molar-refractivity contribution is 0.0690. The standard InChI is InChI=1S/C7H5ClF2N2O2/c8-4-2(5(9)10)1-3(7(13)14)12-6(4)11/h1,5H,(H2,11,12)(H,13,14). The number of hydrogen-bond donors (Lipinski definition) is 2. The predicted molar refractivity (Wildman–Crippen MR) is 45.6 cm³/mol. The summed E-state index contributed by atoms with van der Waals surface area (Å²) >= 11 is 5.40. The number of rotatable bonds is 2. The van der Waals surface area contributed by atoms with Crippen molar-refractivity contribution in [3.63, 3.8) is 0 Å². The molecule has 4 nitrogen and oxygen atoms in total. The Hall–Kier alpha value is -1.43. The van der Waals surface area contributed by atoms with Crippen LogP contribution in [0.4, 0.5) is 14.6 Å². The van der Waals surface area contributed by atoms with Crippen LogP contribution < -0.4 is 5.73 Å². The van der Waals surface area contributed by atoms with Crippen molar-refractivity contribution in [2.45, 2.75) is 6.43 Å². The van der Waals surface area contributed by atoms with Gasteiger partial charge in [-0.3, -0.25) is 0 Å². The fraction of sp³-hybridized carbons (Fsp3) is 0.143. The molecule has 1 heterocycles. The number of alkyl halides is 2. The Labute approximate surface area is 82.3 Å². The highest BCUT2D eigenvalue weighted by molar-refractivity contribution is 6.33. The van der Waals surface area contributed by atoms with E-state index in [1.807, 2.05) is 0 Å². The Kier molecular flexibility index (Phi) is 2.85. The molecule has 0 aliphatic heterocycles. The molecule has 0 bridgehead atoms. The van der Waals surface area contributed by atoms with Crippen LogP contribution in [0, 0.1) is 0 Å². The molecule has 1 rings (SSSR count). The number of nitrogens with zero attached hydrogens (tertiary/aromatic N) is 1. The van der Waals surface area contributed by atoms with Gasteiger partial charge in [0.25, 0.3) is 6.43 Å². The summed E-state index contributed by atoms with van der Waals surface area (Å²) in [7, 11) is 0. The topological polar surface area (TPSA) is 76.2 Å². The van der Waals surface area contributed by atoms with Gasteiger partial charge in [-0.05, 0) is 6.07 Å². The summed E-state index contributed by atoms with van der Waals surface area (Å²) in [5, 5.41) is 8.09. The quantitative estimate of drug-likeness (QED) is 0.802. The van der Waals surface area contributed by atoms with E-state index in [-0.39, 0.29) is 0 Å². The van der Waals surface area contributed by atoms with Gasteiger partial charge >= 0.3 is 5.97 Å². The summed E-state index contributed by atoms with van der Waals surface area (Å²) < 4.78 is 24.6. The number of halogens is 3. The van der Waals surface area contributed by atoms with Gasteiger partial charge < -0.3 is 10.8 Å². The molecule has 1 aromatic heterocycles. The molecule has 76 valence electrons. The highest BCUT2D eigenvalue weighted by atomic mass is 35.5. The van der Waals surface area contributed by atoms with E-state index < -0.39 is 34.5 Å². The van der Waals surface area contributed by atoms with Crippen molar-refractivity contribution < 1.29 is 18.7 Å². The van der Waals surface area contributed by atoms with Gasteiger partial charge in [-0.15, -0.1) is 0 Å². The van der Waals surface area contributed by atoms with E-state index in [2.05, 4.69) is 4.98 Å². The molecular weight excluding hydrogens is 218 g/mol. The number of nitrogen functional groups attached to an aromatic ring is 1. The van der Waals surface area contributed by atoms with Gasteiger partial charge in [0.15, 0.2) is 5.69 Å². The molecule has 3 N–H and O–H groups in total. The van der Waals surface area contributed by atoms with Gasteiger partial charge in [0, 0.05) is 5.56 Å². The Balaban J connectivity index is 3.35. The lowest BCUT2D eigenvalue weighted by Crippen LogP contribution is -2.06. The minimum absolute atomic E-state index is 0.412. The summed E-state index contributed by atoms with van der Waals surface area (Å²) in [6.07, 6.45) is -2.88. The first-order chi connectivity index (χ1) is 6.43. The number of hydrogen-bond acceptors (Lipinski definition) is 3. The van der Waals surface area contributed by atoms with Gasteiger partial charge in [-0.2, -0.15) is 0 Å². The molecule has 0 spiro atoms. The molecule has 0 atom stereocenters. The van der Waals surface area contributed by atoms with Crippen LogP contribution in [-0.4, -0.2) is 16.1 Å². The molecule has 7 heteroatoms. The molecule has 0 saturated carbocycles. The number of nitrogens with two attached hydrogens (primary N) is 1. The Morgan fingerprint density at radius 3 is 2.64 bits per heavy atom. The third-order valence-electron chi connectivity index (χ3n) is 1.47. The van der Waals surface area contributed by atoms with Gasteiger partial charge in [0.2, 0.25) is 0 Å². The van der Waals surface area contributed by atoms with Gasteiger partial charge in [-0.1, -0.05) is 11.6 Å². The first kappa shape index (κ1) is 10.6. The highest BCUT2D eigenvalue weighted by Crippen LogP contribution is 2.30. The van der Waals surface area contributed by atoms with Crippen LogP contribution >= 0.6 is 11.6 Å². The minimum atomic E-state index is -2.88. The molecule has 14 heavy (non-hydrogen) atoms. The average molecular weight is 223 g/mol. The first-order valence-corrected chi connectivity index (χ1v) is 3.78. The van der Waals surface area contributed by atoms with Crippen molar-refractivity contribution in [2.75, 3.05) is 5.73 Å². The fourth-order valence-corrected chi connectivity index (χ4v) is 1.02. The first-order valence-electron chi connectivity index (χ1n) is 3.41. The van der Waals surface area contributed by atoms with Crippen LogP contribution in [-0.2, 0) is 0 Å². The molecule has 0 aliphatic rings. The van der Waals surface area contributed by atoms with Crippen LogP contribution in [0.25, 0.3) is 0 Å². The lowest BCUT2D eigenvalue weighted by atomic mass is 10.2. The molecule has 0 unspecified atom stereocenters. The number of aromatic carboxylic acids is 1. The van der Waals surface area contributed by atoms with Gasteiger partial charge in [-0.25, -0.2) is 18.6 Å². The SMILES string of the molecule is Nc1nc(C(=O)O)cc(C(F)F)c1Cl. The zero-order valence-corrected chi connectivity index (χ0v) is 7.42. The zero-order valence-electron chi connectivity index (χ0n) is 6.67. The number of pyridine rings is 1. The van der Waals surface area contributed by atoms with E-state index >= 15 is 0 Å². The molecular formula is C7H5ClF2N2O2. The van der Waals surface area contributed by atoms with Crippen LogP contribution in [0.1, 0.15) is 22.5 Å². The molecule has 0 aromatic carbocycles. The second-order valence-corrected chi connectivity index (χ2v) is 2.78. The van der Waals surface area contributed by atoms with Crippen molar-refractivity contribution in [3.05, 3.63) is 22.3 Å². The largest absolute Gasteiger partial charge is 0.477 e. The molecule has 1 aromatic rings. The van der Waals surface area contributed by atoms with Crippen molar-refractivity contribution in [1.29, 1.82) is 0 Å². The van der Waals surface area contributed by atoms with Crippen molar-refractivity contribution in [3.8, 4) is 0 Å². The van der Waals surface area contributed by atoms with E-state index in [1.165, 1.54) is 0 Å². The number of carboxylic acids is 1. The van der Waals surface area contributed by atoms with E-state index in [9.17, 15) is 13.6 Å².